The zero-order chi connectivity index (χ0) is 16.1. The first-order valence-corrected chi connectivity index (χ1v) is 7.73. The Morgan fingerprint density at radius 1 is 1.17 bits per heavy atom. The topological polar surface area (TPSA) is 62.1 Å². The van der Waals surface area contributed by atoms with Crippen LogP contribution in [0.25, 0.3) is 0 Å². The zero-order valence-corrected chi connectivity index (χ0v) is 12.7. The summed E-state index contributed by atoms with van der Waals surface area (Å²) in [7, 11) is 0. The van der Waals surface area contributed by atoms with E-state index in [0.29, 0.717) is 6.61 Å². The molecule has 1 unspecified atom stereocenters. The third-order valence-corrected chi connectivity index (χ3v) is 3.83. The quantitative estimate of drug-likeness (QED) is 0.890. The van der Waals surface area contributed by atoms with Crippen LogP contribution in [-0.2, 0) is 11.4 Å². The number of nitriles is 1. The van der Waals surface area contributed by atoms with Crippen LogP contribution >= 0.6 is 0 Å². The normalized spacial score (nSPS) is 14.6. The van der Waals surface area contributed by atoms with Gasteiger partial charge in [-0.15, -0.1) is 0 Å². The van der Waals surface area contributed by atoms with Crippen LogP contribution in [0, 0.1) is 17.2 Å². The maximum Gasteiger partial charge on any atom is 0.224 e. The molecule has 0 aromatic heterocycles. The van der Waals surface area contributed by atoms with Gasteiger partial charge in [-0.3, -0.25) is 4.79 Å². The Labute approximate surface area is 135 Å². The predicted molar refractivity (Wildman–Crippen MR) is 86.4 cm³/mol. The van der Waals surface area contributed by atoms with Gasteiger partial charge in [-0.2, -0.15) is 5.26 Å². The minimum absolute atomic E-state index is 0.0269. The summed E-state index contributed by atoms with van der Waals surface area (Å²) in [5.74, 6) is 0.808. The van der Waals surface area contributed by atoms with Gasteiger partial charge in [-0.1, -0.05) is 42.5 Å². The van der Waals surface area contributed by atoms with Crippen LogP contribution in [0.5, 0.6) is 5.75 Å². The van der Waals surface area contributed by atoms with Gasteiger partial charge in [0.2, 0.25) is 5.91 Å². The van der Waals surface area contributed by atoms with E-state index in [4.69, 9.17) is 4.74 Å². The Hall–Kier alpha value is -2.80. The number of hydrogen-bond donors (Lipinski definition) is 1. The first-order chi connectivity index (χ1) is 11.3. The molecule has 1 fully saturated rings. The predicted octanol–water partition coefficient (Wildman–Crippen LogP) is 3.36. The summed E-state index contributed by atoms with van der Waals surface area (Å²) in [5, 5.41) is 12.0. The number of ether oxygens (including phenoxy) is 1. The minimum atomic E-state index is -0.605. The average Bonchev–Trinajstić information content (AvgIpc) is 3.44. The molecule has 1 atom stereocenters. The van der Waals surface area contributed by atoms with Crippen molar-refractivity contribution in [3.63, 3.8) is 0 Å². The molecule has 3 rings (SSSR count). The molecule has 0 radical (unpaired) electrons. The van der Waals surface area contributed by atoms with Crippen molar-refractivity contribution in [3.05, 3.63) is 65.7 Å². The summed E-state index contributed by atoms with van der Waals surface area (Å²) in [5.41, 5.74) is 1.87. The molecule has 4 nitrogen and oxygen atoms in total. The van der Waals surface area contributed by atoms with Crippen LogP contribution in [0.15, 0.2) is 54.6 Å². The van der Waals surface area contributed by atoms with E-state index in [1.54, 1.807) is 0 Å². The molecule has 0 spiro atoms. The monoisotopic (exact) mass is 306 g/mol. The fraction of sp³-hybridized carbons (Fsp3) is 0.263. The van der Waals surface area contributed by atoms with E-state index < -0.39 is 6.04 Å². The lowest BCUT2D eigenvalue weighted by molar-refractivity contribution is -0.122. The third kappa shape index (κ3) is 4.10. The van der Waals surface area contributed by atoms with E-state index in [0.717, 1.165) is 29.7 Å². The maximum absolute atomic E-state index is 11.8. The lowest BCUT2D eigenvalue weighted by Crippen LogP contribution is -2.28. The fourth-order valence-corrected chi connectivity index (χ4v) is 2.29. The molecular formula is C19H18N2O2. The standard InChI is InChI=1S/C19H18N2O2/c20-12-18(21-19(22)16-6-7-16)15-8-10-17(11-9-15)23-13-14-4-2-1-3-5-14/h1-5,8-11,16,18H,6-7,13H2,(H,21,22). The number of nitrogens with zero attached hydrogens (tertiary/aromatic N) is 1. The van der Waals surface area contributed by atoms with Crippen LogP contribution in [0.4, 0.5) is 0 Å². The van der Waals surface area contributed by atoms with Gasteiger partial charge in [-0.05, 0) is 36.1 Å². The van der Waals surface area contributed by atoms with Gasteiger partial charge in [0.15, 0.2) is 0 Å². The first kappa shape index (κ1) is 15.1. The van der Waals surface area contributed by atoms with Crippen molar-refractivity contribution >= 4 is 5.91 Å². The van der Waals surface area contributed by atoms with Crippen molar-refractivity contribution in [3.8, 4) is 11.8 Å². The van der Waals surface area contributed by atoms with Crippen molar-refractivity contribution in [1.29, 1.82) is 5.26 Å². The summed E-state index contributed by atoms with van der Waals surface area (Å²) in [6.45, 7) is 0.500. The molecule has 0 aliphatic heterocycles. The molecule has 0 saturated heterocycles. The minimum Gasteiger partial charge on any atom is -0.489 e. The lowest BCUT2D eigenvalue weighted by Gasteiger charge is -2.13. The number of amides is 1. The van der Waals surface area contributed by atoms with Gasteiger partial charge in [-0.25, -0.2) is 0 Å². The summed E-state index contributed by atoms with van der Waals surface area (Å²) >= 11 is 0. The smallest absolute Gasteiger partial charge is 0.224 e. The molecular weight excluding hydrogens is 288 g/mol. The molecule has 0 heterocycles. The lowest BCUT2D eigenvalue weighted by atomic mass is 10.1. The van der Waals surface area contributed by atoms with Gasteiger partial charge < -0.3 is 10.1 Å². The Bertz CT molecular complexity index is 700. The van der Waals surface area contributed by atoms with Crippen molar-refractivity contribution in [1.82, 2.24) is 5.32 Å². The van der Waals surface area contributed by atoms with E-state index in [1.807, 2.05) is 54.6 Å². The molecule has 2 aromatic rings. The van der Waals surface area contributed by atoms with Gasteiger partial charge >= 0.3 is 0 Å². The van der Waals surface area contributed by atoms with Gasteiger partial charge in [0, 0.05) is 5.92 Å². The van der Waals surface area contributed by atoms with Crippen LogP contribution < -0.4 is 10.1 Å². The van der Waals surface area contributed by atoms with E-state index >= 15 is 0 Å². The highest BCUT2D eigenvalue weighted by molar-refractivity contribution is 5.81. The first-order valence-electron chi connectivity index (χ1n) is 7.73. The van der Waals surface area contributed by atoms with Crippen LogP contribution in [0.1, 0.15) is 30.0 Å². The van der Waals surface area contributed by atoms with E-state index in [9.17, 15) is 10.1 Å². The molecule has 116 valence electrons. The summed E-state index contributed by atoms with van der Waals surface area (Å²) in [6.07, 6.45) is 1.85. The fourth-order valence-electron chi connectivity index (χ4n) is 2.29. The Morgan fingerprint density at radius 3 is 2.48 bits per heavy atom. The Balaban J connectivity index is 1.59. The molecule has 1 N–H and O–H groups in total. The highest BCUT2D eigenvalue weighted by atomic mass is 16.5. The SMILES string of the molecule is N#CC(NC(=O)C1CC1)c1ccc(OCc2ccccc2)cc1. The number of benzene rings is 2. The van der Waals surface area contributed by atoms with Gasteiger partial charge in [0.05, 0.1) is 6.07 Å². The van der Waals surface area contributed by atoms with E-state index in [-0.39, 0.29) is 11.8 Å². The van der Waals surface area contributed by atoms with Gasteiger partial charge in [0.1, 0.15) is 18.4 Å². The number of carbonyl (C=O) groups is 1. The van der Waals surface area contributed by atoms with Crippen LogP contribution in [0.2, 0.25) is 0 Å². The summed E-state index contributed by atoms with van der Waals surface area (Å²) < 4.78 is 5.72. The molecule has 0 bridgehead atoms. The number of carbonyl (C=O) groups excluding carboxylic acids is 1. The molecule has 1 aliphatic rings. The molecule has 1 aliphatic carbocycles. The third-order valence-electron chi connectivity index (χ3n) is 3.83. The van der Waals surface area contributed by atoms with E-state index in [1.165, 1.54) is 0 Å². The van der Waals surface area contributed by atoms with Gasteiger partial charge in [0.25, 0.3) is 0 Å². The van der Waals surface area contributed by atoms with Crippen LogP contribution in [0.3, 0.4) is 0 Å². The van der Waals surface area contributed by atoms with Crippen molar-refractivity contribution in [2.24, 2.45) is 5.92 Å². The number of rotatable bonds is 6. The summed E-state index contributed by atoms with van der Waals surface area (Å²) in [6, 6.07) is 18.8. The molecule has 1 saturated carbocycles. The second kappa shape index (κ2) is 6.97. The number of nitrogens with one attached hydrogen (secondary N) is 1. The molecule has 23 heavy (non-hydrogen) atoms. The Kier molecular flexibility index (Phi) is 4.58. The van der Waals surface area contributed by atoms with Crippen molar-refractivity contribution in [2.75, 3.05) is 0 Å². The van der Waals surface area contributed by atoms with E-state index in [2.05, 4.69) is 11.4 Å². The largest absolute Gasteiger partial charge is 0.489 e. The second-order valence-corrected chi connectivity index (χ2v) is 5.69. The molecule has 1 amide bonds. The highest BCUT2D eigenvalue weighted by Gasteiger charge is 2.31. The van der Waals surface area contributed by atoms with Crippen molar-refractivity contribution < 1.29 is 9.53 Å². The second-order valence-electron chi connectivity index (χ2n) is 5.69. The highest BCUT2D eigenvalue weighted by Crippen LogP contribution is 2.30. The zero-order valence-electron chi connectivity index (χ0n) is 12.7. The average molecular weight is 306 g/mol. The number of hydrogen-bond acceptors (Lipinski definition) is 3. The van der Waals surface area contributed by atoms with Crippen LogP contribution in [-0.4, -0.2) is 5.91 Å². The maximum atomic E-state index is 11.8. The summed E-state index contributed by atoms with van der Waals surface area (Å²) in [4.78, 5) is 11.8. The molecule has 4 heteroatoms. The molecule has 2 aromatic carbocycles. The van der Waals surface area contributed by atoms with Crippen molar-refractivity contribution in [2.45, 2.75) is 25.5 Å². The Morgan fingerprint density at radius 2 is 1.87 bits per heavy atom.